The first-order valence-corrected chi connectivity index (χ1v) is 5.23. The van der Waals surface area contributed by atoms with Gasteiger partial charge in [0, 0.05) is 12.1 Å². The molecule has 0 aliphatic rings. The molecule has 1 aromatic heterocycles. The Hall–Kier alpha value is -1.90. The van der Waals surface area contributed by atoms with Crippen molar-refractivity contribution >= 4 is 11.6 Å². The Labute approximate surface area is 103 Å². The van der Waals surface area contributed by atoms with Gasteiger partial charge >= 0.3 is 0 Å². The van der Waals surface area contributed by atoms with Crippen molar-refractivity contribution in [2.45, 2.75) is 6.61 Å². The maximum Gasteiger partial charge on any atom is 0.188 e. The van der Waals surface area contributed by atoms with E-state index in [2.05, 4.69) is 10.3 Å². The minimum atomic E-state index is 0.266. The van der Waals surface area contributed by atoms with Crippen molar-refractivity contribution < 1.29 is 4.74 Å². The van der Waals surface area contributed by atoms with Gasteiger partial charge in [0.2, 0.25) is 0 Å². The van der Waals surface area contributed by atoms with E-state index in [4.69, 9.17) is 21.6 Å². The molecule has 0 radical (unpaired) electrons. The minimum absolute atomic E-state index is 0.266. The first-order valence-electron chi connectivity index (χ1n) is 4.86. The average Bonchev–Trinajstić information content (AvgIpc) is 2.74. The van der Waals surface area contributed by atoms with Gasteiger partial charge in [-0.15, -0.1) is 5.10 Å². The highest BCUT2D eigenvalue weighted by molar-refractivity contribution is 6.30. The van der Waals surface area contributed by atoms with E-state index in [1.165, 1.54) is 0 Å². The Kier molecular flexibility index (Phi) is 3.38. The molecule has 5 nitrogen and oxygen atoms in total. The van der Waals surface area contributed by atoms with Crippen LogP contribution in [-0.4, -0.2) is 22.1 Å². The fourth-order valence-electron chi connectivity index (χ4n) is 1.44. The fraction of sp³-hybridized carbons (Fsp3) is 0.182. The highest BCUT2D eigenvalue weighted by Gasteiger charge is 2.13. The van der Waals surface area contributed by atoms with Crippen LogP contribution in [0.5, 0.6) is 0 Å². The van der Waals surface area contributed by atoms with Gasteiger partial charge in [0.25, 0.3) is 0 Å². The Balaban J connectivity index is 2.48. The van der Waals surface area contributed by atoms with Crippen LogP contribution in [0.15, 0.2) is 24.3 Å². The number of methoxy groups -OCH3 is 1. The molecular formula is C11H9ClN4O. The normalized spacial score (nSPS) is 10.2. The molecule has 86 valence electrons. The van der Waals surface area contributed by atoms with E-state index in [0.717, 1.165) is 5.69 Å². The lowest BCUT2D eigenvalue weighted by Crippen LogP contribution is -2.04. The molecule has 0 saturated carbocycles. The molecule has 0 unspecified atom stereocenters. The molecule has 0 atom stereocenters. The second kappa shape index (κ2) is 4.95. The standard InChI is InChI=1S/C11H9ClN4O/c1-17-7-11-10(6-13)14-15-16(11)9-4-2-8(12)3-5-9/h2-5H,7H2,1H3. The van der Waals surface area contributed by atoms with Crippen LogP contribution in [0.4, 0.5) is 0 Å². The number of hydrogen-bond acceptors (Lipinski definition) is 4. The topological polar surface area (TPSA) is 63.7 Å². The van der Waals surface area contributed by atoms with E-state index in [-0.39, 0.29) is 12.3 Å². The third-order valence-corrected chi connectivity index (χ3v) is 2.47. The van der Waals surface area contributed by atoms with Crippen molar-refractivity contribution in [2.24, 2.45) is 0 Å². The average molecular weight is 249 g/mol. The number of benzene rings is 1. The number of nitriles is 1. The highest BCUT2D eigenvalue weighted by atomic mass is 35.5. The Morgan fingerprint density at radius 3 is 2.71 bits per heavy atom. The van der Waals surface area contributed by atoms with E-state index in [0.29, 0.717) is 10.7 Å². The molecule has 0 N–H and O–H groups in total. The Bertz CT molecular complexity index is 556. The first-order chi connectivity index (χ1) is 8.26. The Morgan fingerprint density at radius 1 is 1.41 bits per heavy atom. The van der Waals surface area contributed by atoms with Crippen LogP contribution in [0.1, 0.15) is 11.4 Å². The summed E-state index contributed by atoms with van der Waals surface area (Å²) < 4.78 is 6.60. The van der Waals surface area contributed by atoms with E-state index in [1.54, 1.807) is 36.1 Å². The van der Waals surface area contributed by atoms with Gasteiger partial charge < -0.3 is 4.74 Å². The molecule has 0 fully saturated rings. The van der Waals surface area contributed by atoms with Crippen molar-refractivity contribution in [2.75, 3.05) is 7.11 Å². The number of hydrogen-bond donors (Lipinski definition) is 0. The maximum atomic E-state index is 8.91. The summed E-state index contributed by atoms with van der Waals surface area (Å²) in [4.78, 5) is 0. The zero-order chi connectivity index (χ0) is 12.3. The van der Waals surface area contributed by atoms with Crippen molar-refractivity contribution in [3.63, 3.8) is 0 Å². The summed E-state index contributed by atoms with van der Waals surface area (Å²) in [6.45, 7) is 0.276. The molecule has 0 aliphatic heterocycles. The van der Waals surface area contributed by atoms with Crippen LogP contribution in [-0.2, 0) is 11.3 Å². The van der Waals surface area contributed by atoms with E-state index in [9.17, 15) is 0 Å². The molecule has 1 heterocycles. The van der Waals surface area contributed by atoms with Gasteiger partial charge in [-0.25, -0.2) is 4.68 Å². The molecule has 0 spiro atoms. The van der Waals surface area contributed by atoms with Gasteiger partial charge in [-0.05, 0) is 24.3 Å². The van der Waals surface area contributed by atoms with Crippen LogP contribution >= 0.6 is 11.6 Å². The second-order valence-corrected chi connectivity index (χ2v) is 3.75. The predicted molar refractivity (Wildman–Crippen MR) is 61.8 cm³/mol. The third-order valence-electron chi connectivity index (χ3n) is 2.22. The van der Waals surface area contributed by atoms with Crippen LogP contribution in [0.3, 0.4) is 0 Å². The van der Waals surface area contributed by atoms with Gasteiger partial charge in [-0.1, -0.05) is 16.8 Å². The van der Waals surface area contributed by atoms with E-state index >= 15 is 0 Å². The molecule has 0 saturated heterocycles. The zero-order valence-electron chi connectivity index (χ0n) is 9.09. The predicted octanol–water partition coefficient (Wildman–Crippen LogP) is 1.94. The lowest BCUT2D eigenvalue weighted by Gasteiger charge is -2.05. The molecule has 0 aliphatic carbocycles. The third kappa shape index (κ3) is 2.28. The van der Waals surface area contributed by atoms with E-state index < -0.39 is 0 Å². The largest absolute Gasteiger partial charge is 0.378 e. The summed E-state index contributed by atoms with van der Waals surface area (Å²) in [5, 5.41) is 17.3. The molecule has 0 amide bonds. The van der Waals surface area contributed by atoms with Gasteiger partial charge in [0.05, 0.1) is 12.3 Å². The molecule has 17 heavy (non-hydrogen) atoms. The zero-order valence-corrected chi connectivity index (χ0v) is 9.85. The van der Waals surface area contributed by atoms with Gasteiger partial charge in [0.1, 0.15) is 11.8 Å². The smallest absolute Gasteiger partial charge is 0.188 e. The first kappa shape index (κ1) is 11.6. The number of nitrogens with zero attached hydrogens (tertiary/aromatic N) is 4. The van der Waals surface area contributed by atoms with Crippen LogP contribution in [0.25, 0.3) is 5.69 Å². The summed E-state index contributed by atoms with van der Waals surface area (Å²) in [6.07, 6.45) is 0. The highest BCUT2D eigenvalue weighted by Crippen LogP contribution is 2.16. The van der Waals surface area contributed by atoms with Crippen LogP contribution < -0.4 is 0 Å². The second-order valence-electron chi connectivity index (χ2n) is 3.32. The van der Waals surface area contributed by atoms with E-state index in [1.807, 2.05) is 6.07 Å². The summed E-state index contributed by atoms with van der Waals surface area (Å²) in [5.41, 5.74) is 1.68. The number of ether oxygens (including phenoxy) is 1. The summed E-state index contributed by atoms with van der Waals surface area (Å²) in [6, 6.07) is 9.09. The van der Waals surface area contributed by atoms with Gasteiger partial charge in [0.15, 0.2) is 5.69 Å². The number of aromatic nitrogens is 3. The minimum Gasteiger partial charge on any atom is -0.378 e. The Morgan fingerprint density at radius 2 is 2.12 bits per heavy atom. The van der Waals surface area contributed by atoms with Crippen molar-refractivity contribution in [3.05, 3.63) is 40.7 Å². The van der Waals surface area contributed by atoms with Gasteiger partial charge in [-0.2, -0.15) is 5.26 Å². The molecule has 2 rings (SSSR count). The molecule has 6 heteroatoms. The molecular weight excluding hydrogens is 240 g/mol. The summed E-state index contributed by atoms with van der Waals surface area (Å²) in [7, 11) is 1.56. The number of halogens is 1. The SMILES string of the molecule is COCc1c(C#N)nnn1-c1ccc(Cl)cc1. The summed E-state index contributed by atoms with van der Waals surface area (Å²) >= 11 is 5.81. The van der Waals surface area contributed by atoms with Crippen molar-refractivity contribution in [1.82, 2.24) is 15.0 Å². The van der Waals surface area contributed by atoms with Crippen LogP contribution in [0, 0.1) is 11.3 Å². The number of rotatable bonds is 3. The lowest BCUT2D eigenvalue weighted by molar-refractivity contribution is 0.179. The lowest BCUT2D eigenvalue weighted by atomic mass is 10.3. The van der Waals surface area contributed by atoms with Crippen molar-refractivity contribution in [3.8, 4) is 11.8 Å². The fourth-order valence-corrected chi connectivity index (χ4v) is 1.57. The quantitative estimate of drug-likeness (QED) is 0.833. The molecule has 0 bridgehead atoms. The molecule has 1 aromatic carbocycles. The monoisotopic (exact) mass is 248 g/mol. The van der Waals surface area contributed by atoms with Crippen LogP contribution in [0.2, 0.25) is 5.02 Å². The van der Waals surface area contributed by atoms with Crippen molar-refractivity contribution in [1.29, 1.82) is 5.26 Å². The summed E-state index contributed by atoms with van der Waals surface area (Å²) in [5.74, 6) is 0. The molecule has 2 aromatic rings. The van der Waals surface area contributed by atoms with Gasteiger partial charge in [-0.3, -0.25) is 0 Å². The maximum absolute atomic E-state index is 8.91.